The van der Waals surface area contributed by atoms with E-state index in [-0.39, 0.29) is 0 Å². The van der Waals surface area contributed by atoms with Gasteiger partial charge >= 0.3 is 5.97 Å². The Kier molecular flexibility index (Phi) is 3.22. The van der Waals surface area contributed by atoms with Crippen LogP contribution in [0.1, 0.15) is 43.5 Å². The number of carbonyl (C=O) groups is 1. The summed E-state index contributed by atoms with van der Waals surface area (Å²) in [7, 11) is 1.89. The lowest BCUT2D eigenvalue weighted by molar-refractivity contribution is -0.151. The summed E-state index contributed by atoms with van der Waals surface area (Å²) in [4.78, 5) is 11.6. The molecular formula is C13H20N2O2. The normalized spacial score (nSPS) is 19.2. The van der Waals surface area contributed by atoms with Gasteiger partial charge in [0.25, 0.3) is 0 Å². The summed E-state index contributed by atoms with van der Waals surface area (Å²) < 4.78 is 1.81. The summed E-state index contributed by atoms with van der Waals surface area (Å²) >= 11 is 0. The molecular weight excluding hydrogens is 216 g/mol. The monoisotopic (exact) mass is 236 g/mol. The number of carboxylic acids is 1. The van der Waals surface area contributed by atoms with E-state index in [9.17, 15) is 9.90 Å². The molecule has 1 aliphatic rings. The molecule has 0 radical (unpaired) electrons. The Hall–Kier alpha value is -1.32. The van der Waals surface area contributed by atoms with Gasteiger partial charge in [-0.05, 0) is 25.8 Å². The van der Waals surface area contributed by atoms with Crippen LogP contribution in [0.5, 0.6) is 0 Å². The Bertz CT molecular complexity index is 417. The highest BCUT2D eigenvalue weighted by molar-refractivity contribution is 5.75. The SMILES string of the molecule is Cc1cc(CC2(C(=O)O)CCCCC2)n(C)n1. The lowest BCUT2D eigenvalue weighted by Gasteiger charge is -2.33. The van der Waals surface area contributed by atoms with Crippen LogP contribution in [0.2, 0.25) is 0 Å². The minimum absolute atomic E-state index is 0.557. The van der Waals surface area contributed by atoms with Gasteiger partial charge in [0, 0.05) is 19.2 Å². The lowest BCUT2D eigenvalue weighted by Crippen LogP contribution is -2.36. The van der Waals surface area contributed by atoms with E-state index < -0.39 is 11.4 Å². The van der Waals surface area contributed by atoms with E-state index in [4.69, 9.17) is 0 Å². The molecule has 1 fully saturated rings. The Morgan fingerprint density at radius 3 is 2.59 bits per heavy atom. The first kappa shape index (κ1) is 12.1. The fourth-order valence-corrected chi connectivity index (χ4v) is 2.87. The molecule has 1 aliphatic carbocycles. The molecule has 0 unspecified atom stereocenters. The number of hydrogen-bond donors (Lipinski definition) is 1. The molecule has 0 spiro atoms. The van der Waals surface area contributed by atoms with Gasteiger partial charge in [0.2, 0.25) is 0 Å². The predicted octanol–water partition coefficient (Wildman–Crippen LogP) is 2.31. The standard InChI is InChI=1S/C13H20N2O2/c1-10-8-11(15(2)14-10)9-13(12(16)17)6-4-3-5-7-13/h8H,3-7,9H2,1-2H3,(H,16,17). The third kappa shape index (κ3) is 2.35. The highest BCUT2D eigenvalue weighted by Crippen LogP contribution is 2.39. The van der Waals surface area contributed by atoms with Gasteiger partial charge in [0.15, 0.2) is 0 Å². The zero-order chi connectivity index (χ0) is 12.5. The van der Waals surface area contributed by atoms with E-state index in [1.165, 1.54) is 6.42 Å². The van der Waals surface area contributed by atoms with Crippen LogP contribution in [0.15, 0.2) is 6.07 Å². The molecule has 17 heavy (non-hydrogen) atoms. The zero-order valence-electron chi connectivity index (χ0n) is 10.6. The van der Waals surface area contributed by atoms with Crippen LogP contribution in [0.3, 0.4) is 0 Å². The third-order valence-corrected chi connectivity index (χ3v) is 3.88. The largest absolute Gasteiger partial charge is 0.481 e. The Labute approximate surface area is 102 Å². The van der Waals surface area contributed by atoms with E-state index in [1.807, 2.05) is 24.7 Å². The van der Waals surface area contributed by atoms with Crippen molar-refractivity contribution in [2.24, 2.45) is 12.5 Å². The van der Waals surface area contributed by atoms with Crippen LogP contribution in [0, 0.1) is 12.3 Å². The molecule has 0 amide bonds. The van der Waals surface area contributed by atoms with Crippen molar-refractivity contribution in [3.05, 3.63) is 17.5 Å². The second-order valence-electron chi connectivity index (χ2n) is 5.22. The number of nitrogens with zero attached hydrogens (tertiary/aromatic N) is 2. The number of hydrogen-bond acceptors (Lipinski definition) is 2. The molecule has 1 aromatic heterocycles. The van der Waals surface area contributed by atoms with Crippen LogP contribution in [-0.2, 0) is 18.3 Å². The van der Waals surface area contributed by atoms with Crippen molar-refractivity contribution in [2.75, 3.05) is 0 Å². The van der Waals surface area contributed by atoms with Crippen molar-refractivity contribution in [1.82, 2.24) is 9.78 Å². The van der Waals surface area contributed by atoms with Gasteiger partial charge < -0.3 is 5.11 Å². The fraction of sp³-hybridized carbons (Fsp3) is 0.692. The quantitative estimate of drug-likeness (QED) is 0.876. The van der Waals surface area contributed by atoms with E-state index in [1.54, 1.807) is 0 Å². The van der Waals surface area contributed by atoms with Gasteiger partial charge in [-0.1, -0.05) is 19.3 Å². The summed E-state index contributed by atoms with van der Waals surface area (Å²) in [6.45, 7) is 1.94. The lowest BCUT2D eigenvalue weighted by atomic mass is 9.71. The Balaban J connectivity index is 2.23. The molecule has 0 bridgehead atoms. The average Bonchev–Trinajstić information content (AvgIpc) is 2.58. The Morgan fingerprint density at radius 1 is 1.47 bits per heavy atom. The molecule has 1 N–H and O–H groups in total. The van der Waals surface area contributed by atoms with Crippen molar-refractivity contribution >= 4 is 5.97 Å². The molecule has 1 saturated carbocycles. The van der Waals surface area contributed by atoms with E-state index in [2.05, 4.69) is 5.10 Å². The van der Waals surface area contributed by atoms with Gasteiger partial charge in [0.1, 0.15) is 0 Å². The average molecular weight is 236 g/mol. The molecule has 1 heterocycles. The summed E-state index contributed by atoms with van der Waals surface area (Å²) in [5.41, 5.74) is 1.43. The second-order valence-corrected chi connectivity index (χ2v) is 5.22. The Morgan fingerprint density at radius 2 is 2.12 bits per heavy atom. The van der Waals surface area contributed by atoms with Gasteiger partial charge in [-0.25, -0.2) is 0 Å². The highest BCUT2D eigenvalue weighted by Gasteiger charge is 2.40. The highest BCUT2D eigenvalue weighted by atomic mass is 16.4. The molecule has 4 nitrogen and oxygen atoms in total. The molecule has 0 saturated heterocycles. The maximum atomic E-state index is 11.6. The zero-order valence-corrected chi connectivity index (χ0v) is 10.6. The minimum Gasteiger partial charge on any atom is -0.481 e. The van der Waals surface area contributed by atoms with Gasteiger partial charge in [-0.2, -0.15) is 5.10 Å². The first-order valence-electron chi connectivity index (χ1n) is 6.26. The van der Waals surface area contributed by atoms with E-state index in [0.29, 0.717) is 6.42 Å². The topological polar surface area (TPSA) is 55.1 Å². The number of aryl methyl sites for hydroxylation is 2. The predicted molar refractivity (Wildman–Crippen MR) is 64.8 cm³/mol. The van der Waals surface area contributed by atoms with Crippen molar-refractivity contribution in [2.45, 2.75) is 45.4 Å². The molecule has 0 atom stereocenters. The molecule has 0 aliphatic heterocycles. The van der Waals surface area contributed by atoms with Crippen LogP contribution >= 0.6 is 0 Å². The van der Waals surface area contributed by atoms with Crippen LogP contribution < -0.4 is 0 Å². The van der Waals surface area contributed by atoms with Gasteiger partial charge in [0.05, 0.1) is 11.1 Å². The van der Waals surface area contributed by atoms with Crippen molar-refractivity contribution in [3.63, 3.8) is 0 Å². The summed E-state index contributed by atoms with van der Waals surface area (Å²) in [5, 5.41) is 13.8. The third-order valence-electron chi connectivity index (χ3n) is 3.88. The summed E-state index contributed by atoms with van der Waals surface area (Å²) in [5.74, 6) is -0.643. The van der Waals surface area contributed by atoms with Crippen molar-refractivity contribution in [1.29, 1.82) is 0 Å². The van der Waals surface area contributed by atoms with E-state index >= 15 is 0 Å². The van der Waals surface area contributed by atoms with Gasteiger partial charge in [-0.15, -0.1) is 0 Å². The summed E-state index contributed by atoms with van der Waals surface area (Å²) in [6.07, 6.45) is 5.44. The summed E-state index contributed by atoms with van der Waals surface area (Å²) in [6, 6.07) is 2.00. The minimum atomic E-state index is -0.643. The number of rotatable bonds is 3. The smallest absolute Gasteiger partial charge is 0.310 e. The van der Waals surface area contributed by atoms with Gasteiger partial charge in [-0.3, -0.25) is 9.48 Å². The molecule has 94 valence electrons. The van der Waals surface area contributed by atoms with Crippen molar-refractivity contribution in [3.8, 4) is 0 Å². The van der Waals surface area contributed by atoms with Crippen LogP contribution in [0.4, 0.5) is 0 Å². The number of aliphatic carboxylic acids is 1. The fourth-order valence-electron chi connectivity index (χ4n) is 2.87. The molecule has 4 heteroatoms. The first-order chi connectivity index (χ1) is 8.03. The van der Waals surface area contributed by atoms with Crippen LogP contribution in [0.25, 0.3) is 0 Å². The molecule has 2 rings (SSSR count). The van der Waals surface area contributed by atoms with Crippen molar-refractivity contribution < 1.29 is 9.90 Å². The molecule has 0 aromatic carbocycles. The second kappa shape index (κ2) is 4.51. The number of carboxylic acid groups (broad SMARTS) is 1. The maximum Gasteiger partial charge on any atom is 0.310 e. The first-order valence-corrected chi connectivity index (χ1v) is 6.26. The maximum absolute atomic E-state index is 11.6. The van der Waals surface area contributed by atoms with E-state index in [0.717, 1.165) is 37.1 Å². The number of aromatic nitrogens is 2. The van der Waals surface area contributed by atoms with Crippen LogP contribution in [-0.4, -0.2) is 20.9 Å². The molecule has 1 aromatic rings.